The number of rotatable bonds is 3. The Hall–Kier alpha value is -2.35. The second-order valence-corrected chi connectivity index (χ2v) is 6.64. The summed E-state index contributed by atoms with van der Waals surface area (Å²) in [4.78, 5) is 29.7. The molecule has 3 N–H and O–H groups in total. The van der Waals surface area contributed by atoms with E-state index in [4.69, 9.17) is 28.9 Å². The van der Waals surface area contributed by atoms with Gasteiger partial charge in [0.2, 0.25) is 0 Å². The van der Waals surface area contributed by atoms with Crippen LogP contribution in [0.3, 0.4) is 0 Å². The Balaban J connectivity index is 2.66. The molecule has 0 aliphatic carbocycles. The van der Waals surface area contributed by atoms with E-state index in [0.717, 1.165) is 4.57 Å². The highest BCUT2D eigenvalue weighted by Crippen LogP contribution is 2.37. The van der Waals surface area contributed by atoms with E-state index in [-0.39, 0.29) is 17.6 Å². The van der Waals surface area contributed by atoms with Gasteiger partial charge in [-0.2, -0.15) is 0 Å². The monoisotopic (exact) mass is 393 g/mol. The summed E-state index contributed by atoms with van der Waals surface area (Å²) in [5, 5.41) is 4.10. The van der Waals surface area contributed by atoms with Gasteiger partial charge in [-0.3, -0.25) is 13.9 Å². The van der Waals surface area contributed by atoms with Gasteiger partial charge in [-0.25, -0.2) is 9.78 Å². The molecule has 0 spiro atoms. The first kappa shape index (κ1) is 18.4. The summed E-state index contributed by atoms with van der Waals surface area (Å²) in [5.74, 6) is 0.476. The van der Waals surface area contributed by atoms with Crippen LogP contribution in [0.4, 0.5) is 5.82 Å². The number of aromatic nitrogens is 3. The summed E-state index contributed by atoms with van der Waals surface area (Å²) in [6.07, 6.45) is 0. The van der Waals surface area contributed by atoms with Crippen LogP contribution in [0.1, 0.15) is 5.56 Å². The number of nitrogens with zero attached hydrogens (tertiary/aromatic N) is 3. The van der Waals surface area contributed by atoms with Crippen molar-refractivity contribution in [3.8, 4) is 11.1 Å². The van der Waals surface area contributed by atoms with Crippen LogP contribution in [0.5, 0.6) is 0 Å². The van der Waals surface area contributed by atoms with E-state index in [1.54, 1.807) is 32.3 Å². The molecule has 0 aliphatic rings. The molecule has 0 aliphatic heterocycles. The topological polar surface area (TPSA) is 94.9 Å². The molecule has 136 valence electrons. The van der Waals surface area contributed by atoms with Crippen molar-refractivity contribution in [3.05, 3.63) is 54.6 Å². The molecule has 26 heavy (non-hydrogen) atoms. The van der Waals surface area contributed by atoms with Gasteiger partial charge in [0.1, 0.15) is 5.82 Å². The van der Waals surface area contributed by atoms with Crippen molar-refractivity contribution in [1.29, 1.82) is 0 Å². The normalized spacial score (nSPS) is 11.2. The van der Waals surface area contributed by atoms with Gasteiger partial charge in [0.15, 0.2) is 5.65 Å². The molecule has 0 amide bonds. The lowest BCUT2D eigenvalue weighted by atomic mass is 9.97. The van der Waals surface area contributed by atoms with Crippen molar-refractivity contribution in [3.63, 3.8) is 0 Å². The van der Waals surface area contributed by atoms with E-state index in [2.05, 4.69) is 10.3 Å². The fraction of sp³-hybridized carbons (Fsp3) is 0.235. The van der Waals surface area contributed by atoms with E-state index in [9.17, 15) is 9.59 Å². The first-order valence-corrected chi connectivity index (χ1v) is 8.53. The van der Waals surface area contributed by atoms with Crippen LogP contribution in [0.25, 0.3) is 22.2 Å². The van der Waals surface area contributed by atoms with Gasteiger partial charge in [0.05, 0.1) is 5.39 Å². The second-order valence-electron chi connectivity index (χ2n) is 5.80. The third-order valence-electron chi connectivity index (χ3n) is 4.33. The highest BCUT2D eigenvalue weighted by atomic mass is 35.5. The maximum atomic E-state index is 12.9. The van der Waals surface area contributed by atoms with Gasteiger partial charge in [0, 0.05) is 54.4 Å². The number of aryl methyl sites for hydroxylation is 1. The first-order valence-electron chi connectivity index (χ1n) is 7.77. The molecule has 0 fully saturated rings. The van der Waals surface area contributed by atoms with Gasteiger partial charge >= 0.3 is 5.69 Å². The van der Waals surface area contributed by atoms with Gasteiger partial charge in [-0.05, 0) is 12.1 Å². The fourth-order valence-electron chi connectivity index (χ4n) is 3.02. The zero-order chi connectivity index (χ0) is 19.2. The van der Waals surface area contributed by atoms with Crippen LogP contribution in [-0.4, -0.2) is 21.2 Å². The number of nitrogens with one attached hydrogen (secondary N) is 1. The molecule has 0 bridgehead atoms. The minimum absolute atomic E-state index is 0.124. The van der Waals surface area contributed by atoms with Crippen molar-refractivity contribution in [2.45, 2.75) is 6.54 Å². The predicted molar refractivity (Wildman–Crippen MR) is 105 cm³/mol. The molecular weight excluding hydrogens is 377 g/mol. The number of fused-ring (bicyclic) bond motifs is 1. The maximum absolute atomic E-state index is 12.9. The van der Waals surface area contributed by atoms with Crippen LogP contribution in [0, 0.1) is 0 Å². The first-order chi connectivity index (χ1) is 12.3. The number of anilines is 1. The number of nitrogens with two attached hydrogens (primary N) is 1. The summed E-state index contributed by atoms with van der Waals surface area (Å²) in [6.45, 7) is 0.124. The van der Waals surface area contributed by atoms with E-state index in [1.807, 2.05) is 0 Å². The summed E-state index contributed by atoms with van der Waals surface area (Å²) in [6, 6.07) is 5.00. The number of hydrogen-bond acceptors (Lipinski definition) is 5. The largest absolute Gasteiger partial charge is 0.373 e. The molecule has 0 unspecified atom stereocenters. The Morgan fingerprint density at radius 2 is 1.88 bits per heavy atom. The summed E-state index contributed by atoms with van der Waals surface area (Å²) >= 11 is 12.4. The molecule has 3 rings (SSSR count). The van der Waals surface area contributed by atoms with Crippen molar-refractivity contribution in [2.75, 3.05) is 12.4 Å². The number of pyridine rings is 1. The van der Waals surface area contributed by atoms with E-state index >= 15 is 0 Å². The van der Waals surface area contributed by atoms with Crippen LogP contribution in [0.2, 0.25) is 10.0 Å². The van der Waals surface area contributed by atoms with Crippen molar-refractivity contribution < 1.29 is 0 Å². The minimum Gasteiger partial charge on any atom is -0.373 e. The molecule has 1 aromatic carbocycles. The lowest BCUT2D eigenvalue weighted by Gasteiger charge is -2.18. The predicted octanol–water partition coefficient (Wildman–Crippen LogP) is 2.11. The van der Waals surface area contributed by atoms with Gasteiger partial charge < -0.3 is 11.1 Å². The smallest absolute Gasteiger partial charge is 0.332 e. The van der Waals surface area contributed by atoms with E-state index in [1.165, 1.54) is 11.6 Å². The Kier molecular flexibility index (Phi) is 4.79. The van der Waals surface area contributed by atoms with Gasteiger partial charge in [-0.1, -0.05) is 29.3 Å². The maximum Gasteiger partial charge on any atom is 0.332 e. The Bertz CT molecular complexity index is 1150. The Morgan fingerprint density at radius 1 is 1.19 bits per heavy atom. The number of hydrogen-bond donors (Lipinski definition) is 2. The molecule has 3 aromatic rings. The quantitative estimate of drug-likeness (QED) is 0.710. The highest BCUT2D eigenvalue weighted by molar-refractivity contribution is 6.36. The van der Waals surface area contributed by atoms with E-state index in [0.29, 0.717) is 32.6 Å². The Morgan fingerprint density at radius 3 is 2.46 bits per heavy atom. The van der Waals surface area contributed by atoms with Gasteiger partial charge in [-0.15, -0.1) is 0 Å². The molecule has 7 nitrogen and oxygen atoms in total. The number of halogens is 2. The SMILES string of the molecule is CNc1nc2c(c(-c3ccc(Cl)cc3Cl)c1CN)c(=O)n(C)c(=O)n2C. The number of benzene rings is 1. The zero-order valence-corrected chi connectivity index (χ0v) is 15.9. The highest BCUT2D eigenvalue weighted by Gasteiger charge is 2.22. The fourth-order valence-corrected chi connectivity index (χ4v) is 3.52. The Labute approximate surface area is 159 Å². The standard InChI is InChI=1S/C17H17Cl2N5O2/c1-21-14-10(7-20)12(9-5-4-8(18)6-11(9)19)13-15(22-14)23(2)17(26)24(3)16(13)25/h4-6H,7,20H2,1-3H3,(H,21,22). The molecule has 0 saturated carbocycles. The summed E-state index contributed by atoms with van der Waals surface area (Å²) < 4.78 is 2.36. The third-order valence-corrected chi connectivity index (χ3v) is 4.88. The van der Waals surface area contributed by atoms with Crippen LogP contribution < -0.4 is 22.3 Å². The summed E-state index contributed by atoms with van der Waals surface area (Å²) in [5.41, 5.74) is 7.04. The van der Waals surface area contributed by atoms with Crippen molar-refractivity contribution in [1.82, 2.24) is 14.1 Å². The molecule has 2 aromatic heterocycles. The zero-order valence-electron chi connectivity index (χ0n) is 14.4. The second kappa shape index (κ2) is 6.75. The van der Waals surface area contributed by atoms with Crippen molar-refractivity contribution >= 4 is 40.1 Å². The summed E-state index contributed by atoms with van der Waals surface area (Å²) in [7, 11) is 4.68. The third kappa shape index (κ3) is 2.68. The molecule has 0 radical (unpaired) electrons. The van der Waals surface area contributed by atoms with Crippen LogP contribution in [0.15, 0.2) is 27.8 Å². The minimum atomic E-state index is -0.467. The van der Waals surface area contributed by atoms with Crippen LogP contribution in [-0.2, 0) is 20.6 Å². The molecule has 0 saturated heterocycles. The van der Waals surface area contributed by atoms with E-state index < -0.39 is 11.2 Å². The molecule has 0 atom stereocenters. The lowest BCUT2D eigenvalue weighted by molar-refractivity contribution is 0.707. The van der Waals surface area contributed by atoms with Crippen molar-refractivity contribution in [2.24, 2.45) is 19.8 Å². The van der Waals surface area contributed by atoms with Crippen LogP contribution >= 0.6 is 23.2 Å². The molecule has 9 heteroatoms. The average molecular weight is 394 g/mol. The molecular formula is C17H17Cl2N5O2. The average Bonchev–Trinajstić information content (AvgIpc) is 2.63. The lowest BCUT2D eigenvalue weighted by Crippen LogP contribution is -2.37. The molecule has 2 heterocycles. The van der Waals surface area contributed by atoms with Gasteiger partial charge in [0.25, 0.3) is 5.56 Å².